The molecule has 0 aliphatic rings. The molecule has 0 atom stereocenters. The van der Waals surface area contributed by atoms with Gasteiger partial charge in [0.15, 0.2) is 0 Å². The molecular weight excluding hydrogens is 434 g/mol. The van der Waals surface area contributed by atoms with E-state index in [1.165, 1.54) is 16.7 Å². The maximum atomic E-state index is 6.04. The second kappa shape index (κ2) is 13.0. The van der Waals surface area contributed by atoms with E-state index in [0.29, 0.717) is 12.5 Å². The van der Waals surface area contributed by atoms with Gasteiger partial charge in [-0.2, -0.15) is 0 Å². The monoisotopic (exact) mass is 473 g/mol. The largest absolute Gasteiger partial charge is 0.497 e. The summed E-state index contributed by atoms with van der Waals surface area (Å²) in [7, 11) is 3.39. The molecule has 4 nitrogen and oxygen atoms in total. The summed E-state index contributed by atoms with van der Waals surface area (Å²) in [6, 6.07) is 25.1. The molecule has 0 radical (unpaired) electrons. The van der Waals surface area contributed by atoms with Gasteiger partial charge in [-0.05, 0) is 83.2 Å². The van der Waals surface area contributed by atoms with Gasteiger partial charge in [-0.1, -0.05) is 64.1 Å². The molecule has 3 aromatic rings. The van der Waals surface area contributed by atoms with Gasteiger partial charge in [-0.15, -0.1) is 0 Å². The summed E-state index contributed by atoms with van der Waals surface area (Å²) in [5.74, 6) is 2.91. The Hall–Kier alpha value is -3.24. The molecule has 0 spiro atoms. The lowest BCUT2D eigenvalue weighted by molar-refractivity contribution is 0.223. The van der Waals surface area contributed by atoms with Crippen molar-refractivity contribution < 1.29 is 14.2 Å². The Bertz CT molecular complexity index is 1060. The zero-order chi connectivity index (χ0) is 25.2. The number of allylic oxidation sites excluding steroid dienone is 1. The van der Waals surface area contributed by atoms with Gasteiger partial charge in [-0.25, -0.2) is 0 Å². The lowest BCUT2D eigenvalue weighted by Gasteiger charge is -2.21. The van der Waals surface area contributed by atoms with Crippen molar-refractivity contribution in [2.24, 2.45) is 5.92 Å². The third-order valence-electron chi connectivity index (χ3n) is 6.34. The predicted molar refractivity (Wildman–Crippen MR) is 146 cm³/mol. The van der Waals surface area contributed by atoms with Gasteiger partial charge in [0.25, 0.3) is 0 Å². The van der Waals surface area contributed by atoms with E-state index in [4.69, 9.17) is 14.2 Å². The standard InChI is InChI=1S/C31H39NO3/c1-7-32(8-2)21-22-35-29-19-13-26(14-20-29)31(25-11-17-28(34-6)18-12-25)30(23(3)4)24-9-15-27(33-5)16-10-24/h9-20,23H,7-8,21-22H2,1-6H3/b31-30-. The fraction of sp³-hybridized carbons (Fsp3) is 0.355. The molecule has 3 rings (SSSR count). The maximum absolute atomic E-state index is 6.04. The van der Waals surface area contributed by atoms with Crippen molar-refractivity contribution >= 4 is 11.1 Å². The Labute approximate surface area is 211 Å². The molecule has 0 bridgehead atoms. The second-order valence-corrected chi connectivity index (χ2v) is 8.80. The average molecular weight is 474 g/mol. The van der Waals surface area contributed by atoms with Crippen molar-refractivity contribution in [3.63, 3.8) is 0 Å². The van der Waals surface area contributed by atoms with Gasteiger partial charge in [0.05, 0.1) is 14.2 Å². The number of hydrogen-bond acceptors (Lipinski definition) is 4. The van der Waals surface area contributed by atoms with Gasteiger partial charge >= 0.3 is 0 Å². The molecule has 0 heterocycles. The first-order chi connectivity index (χ1) is 17.0. The van der Waals surface area contributed by atoms with Crippen LogP contribution in [-0.4, -0.2) is 45.4 Å². The van der Waals surface area contributed by atoms with E-state index in [9.17, 15) is 0 Å². The molecule has 186 valence electrons. The van der Waals surface area contributed by atoms with Crippen LogP contribution < -0.4 is 14.2 Å². The molecule has 0 aromatic heterocycles. The smallest absolute Gasteiger partial charge is 0.119 e. The van der Waals surface area contributed by atoms with Crippen molar-refractivity contribution in [1.82, 2.24) is 4.90 Å². The van der Waals surface area contributed by atoms with Crippen molar-refractivity contribution in [2.75, 3.05) is 40.5 Å². The molecule has 0 fully saturated rings. The third kappa shape index (κ3) is 6.89. The van der Waals surface area contributed by atoms with Crippen LogP contribution in [0.3, 0.4) is 0 Å². The van der Waals surface area contributed by atoms with E-state index in [1.54, 1.807) is 14.2 Å². The number of methoxy groups -OCH3 is 2. The molecule has 0 aliphatic heterocycles. The first kappa shape index (κ1) is 26.4. The van der Waals surface area contributed by atoms with E-state index in [0.717, 1.165) is 48.0 Å². The van der Waals surface area contributed by atoms with Gasteiger partial charge < -0.3 is 19.1 Å². The summed E-state index contributed by atoms with van der Waals surface area (Å²) in [6.45, 7) is 12.5. The highest BCUT2D eigenvalue weighted by Crippen LogP contribution is 2.38. The van der Waals surface area contributed by atoms with Crippen LogP contribution in [0.15, 0.2) is 72.8 Å². The minimum absolute atomic E-state index is 0.311. The van der Waals surface area contributed by atoms with Crippen LogP contribution in [0.2, 0.25) is 0 Å². The number of rotatable bonds is 12. The number of likely N-dealkylation sites (N-methyl/N-ethyl adjacent to an activating group) is 1. The summed E-state index contributed by atoms with van der Waals surface area (Å²) in [5, 5.41) is 0. The molecular formula is C31H39NO3. The topological polar surface area (TPSA) is 30.9 Å². The molecule has 4 heteroatoms. The van der Waals surface area contributed by atoms with Gasteiger partial charge in [0.2, 0.25) is 0 Å². The van der Waals surface area contributed by atoms with E-state index >= 15 is 0 Å². The summed E-state index contributed by atoms with van der Waals surface area (Å²) in [6.07, 6.45) is 0. The molecule has 0 unspecified atom stereocenters. The Morgan fingerprint density at radius 1 is 0.657 bits per heavy atom. The first-order valence-corrected chi connectivity index (χ1v) is 12.5. The van der Waals surface area contributed by atoms with Crippen LogP contribution in [0.5, 0.6) is 17.2 Å². The van der Waals surface area contributed by atoms with E-state index in [-0.39, 0.29) is 0 Å². The van der Waals surface area contributed by atoms with Crippen molar-refractivity contribution in [3.05, 3.63) is 89.5 Å². The van der Waals surface area contributed by atoms with Crippen molar-refractivity contribution in [3.8, 4) is 17.2 Å². The number of ether oxygens (including phenoxy) is 3. The molecule has 0 saturated heterocycles. The zero-order valence-corrected chi connectivity index (χ0v) is 22.0. The van der Waals surface area contributed by atoms with Gasteiger partial charge in [-0.3, -0.25) is 0 Å². The van der Waals surface area contributed by atoms with Crippen LogP contribution in [-0.2, 0) is 0 Å². The summed E-state index contributed by atoms with van der Waals surface area (Å²) in [4.78, 5) is 2.36. The lowest BCUT2D eigenvalue weighted by atomic mass is 9.84. The molecule has 0 amide bonds. The number of hydrogen-bond donors (Lipinski definition) is 0. The zero-order valence-electron chi connectivity index (χ0n) is 22.0. The molecule has 0 aliphatic carbocycles. The lowest BCUT2D eigenvalue weighted by Crippen LogP contribution is -2.27. The Balaban J connectivity index is 2.02. The highest BCUT2D eigenvalue weighted by Gasteiger charge is 2.17. The van der Waals surface area contributed by atoms with Crippen molar-refractivity contribution in [2.45, 2.75) is 27.7 Å². The highest BCUT2D eigenvalue weighted by atomic mass is 16.5. The highest BCUT2D eigenvalue weighted by molar-refractivity contribution is 5.99. The van der Waals surface area contributed by atoms with Crippen molar-refractivity contribution in [1.29, 1.82) is 0 Å². The normalized spacial score (nSPS) is 12.0. The average Bonchev–Trinajstić information content (AvgIpc) is 2.90. The Kier molecular flexibility index (Phi) is 9.80. The molecule has 0 saturated carbocycles. The first-order valence-electron chi connectivity index (χ1n) is 12.5. The van der Waals surface area contributed by atoms with Gasteiger partial charge in [0, 0.05) is 6.54 Å². The summed E-state index contributed by atoms with van der Waals surface area (Å²) in [5.41, 5.74) is 5.99. The van der Waals surface area contributed by atoms with E-state index in [1.807, 2.05) is 24.3 Å². The number of nitrogens with zero attached hydrogens (tertiary/aromatic N) is 1. The van der Waals surface area contributed by atoms with E-state index < -0.39 is 0 Å². The SMILES string of the molecule is CCN(CC)CCOc1ccc(/C(=C(\c2ccc(OC)cc2)C(C)C)c2ccc(OC)cc2)cc1. The van der Waals surface area contributed by atoms with Gasteiger partial charge in [0.1, 0.15) is 23.9 Å². The minimum atomic E-state index is 0.311. The Morgan fingerprint density at radius 3 is 1.49 bits per heavy atom. The quantitative estimate of drug-likeness (QED) is 0.264. The summed E-state index contributed by atoms with van der Waals surface area (Å²) >= 11 is 0. The molecule has 0 N–H and O–H groups in total. The maximum Gasteiger partial charge on any atom is 0.119 e. The minimum Gasteiger partial charge on any atom is -0.497 e. The predicted octanol–water partition coefficient (Wildman–Crippen LogP) is 7.04. The second-order valence-electron chi connectivity index (χ2n) is 8.80. The fourth-order valence-corrected chi connectivity index (χ4v) is 4.32. The van der Waals surface area contributed by atoms with Crippen LogP contribution in [0.4, 0.5) is 0 Å². The molecule has 3 aromatic carbocycles. The molecule has 35 heavy (non-hydrogen) atoms. The van der Waals surface area contributed by atoms with Crippen LogP contribution in [0.25, 0.3) is 11.1 Å². The van der Waals surface area contributed by atoms with E-state index in [2.05, 4.69) is 81.1 Å². The third-order valence-corrected chi connectivity index (χ3v) is 6.34. The van der Waals surface area contributed by atoms with Crippen LogP contribution in [0.1, 0.15) is 44.4 Å². The Morgan fingerprint density at radius 2 is 1.09 bits per heavy atom. The van der Waals surface area contributed by atoms with Crippen LogP contribution in [0, 0.1) is 5.92 Å². The number of benzene rings is 3. The van der Waals surface area contributed by atoms with Crippen LogP contribution >= 0.6 is 0 Å². The summed E-state index contributed by atoms with van der Waals surface area (Å²) < 4.78 is 16.8. The fourth-order valence-electron chi connectivity index (χ4n) is 4.32.